The number of aryl methyl sites for hydroxylation is 1. The van der Waals surface area contributed by atoms with Crippen molar-refractivity contribution < 1.29 is 0 Å². The molecule has 7 aromatic rings. The highest BCUT2D eigenvalue weighted by atomic mass is 32.1. The Balaban J connectivity index is 1.22. The highest BCUT2D eigenvalue weighted by molar-refractivity contribution is 7.26. The second kappa shape index (κ2) is 13.7. The fourth-order valence-corrected chi connectivity index (χ4v) is 15.5. The Bertz CT molecular complexity index is 3340. The van der Waals surface area contributed by atoms with E-state index in [1.54, 1.807) is 0 Å². The molecule has 0 atom stereocenters. The van der Waals surface area contributed by atoms with Crippen molar-refractivity contribution >= 4 is 88.7 Å². The van der Waals surface area contributed by atoms with Crippen LogP contribution in [0, 0.1) is 6.92 Å². The number of anilines is 6. The van der Waals surface area contributed by atoms with Gasteiger partial charge in [0.2, 0.25) is 0 Å². The Labute approximate surface area is 412 Å². The summed E-state index contributed by atoms with van der Waals surface area (Å²) in [5.41, 5.74) is 24.6. The number of thiophene rings is 1. The molecule has 0 fully saturated rings. The molecule has 1 aromatic heterocycles. The molecule has 0 amide bonds. The molecule has 5 aliphatic rings. The van der Waals surface area contributed by atoms with Crippen LogP contribution in [0.4, 0.5) is 34.1 Å². The molecule has 12 rings (SSSR count). The van der Waals surface area contributed by atoms with E-state index in [4.69, 9.17) is 0 Å². The van der Waals surface area contributed by atoms with Crippen LogP contribution in [0.15, 0.2) is 91.0 Å². The number of hydrogen-bond acceptors (Lipinski definition) is 3. The van der Waals surface area contributed by atoms with Gasteiger partial charge in [0.05, 0.1) is 5.69 Å². The lowest BCUT2D eigenvalue weighted by Gasteiger charge is -2.48. The minimum absolute atomic E-state index is 0.0484. The van der Waals surface area contributed by atoms with Crippen molar-refractivity contribution in [1.29, 1.82) is 0 Å². The second-order valence-corrected chi connectivity index (χ2v) is 28.2. The summed E-state index contributed by atoms with van der Waals surface area (Å²) in [6.45, 7) is 39.3. The van der Waals surface area contributed by atoms with E-state index in [-0.39, 0.29) is 44.6 Å². The summed E-state index contributed by atoms with van der Waals surface area (Å²) in [5, 5.41) is 2.71. The molecule has 0 radical (unpaired) electrons. The van der Waals surface area contributed by atoms with Crippen LogP contribution in [-0.2, 0) is 37.9 Å². The van der Waals surface area contributed by atoms with Gasteiger partial charge < -0.3 is 9.80 Å². The lowest BCUT2D eigenvalue weighted by Crippen LogP contribution is -2.62. The minimum atomic E-state index is 0.0484. The molecule has 0 bridgehead atoms. The summed E-state index contributed by atoms with van der Waals surface area (Å²) in [4.78, 5) is 5.46. The first kappa shape index (κ1) is 44.4. The Morgan fingerprint density at radius 2 is 0.985 bits per heavy atom. The maximum atomic E-state index is 2.73. The maximum absolute atomic E-state index is 2.73. The molecule has 68 heavy (non-hydrogen) atoms. The Morgan fingerprint density at radius 3 is 1.59 bits per heavy atom. The zero-order valence-electron chi connectivity index (χ0n) is 44.1. The number of hydrogen-bond donors (Lipinski definition) is 0. The third kappa shape index (κ3) is 6.20. The summed E-state index contributed by atoms with van der Waals surface area (Å²) in [6, 6.07) is 37.8. The molecular formula is C64H73BN2S. The Kier molecular flexibility index (Phi) is 8.98. The summed E-state index contributed by atoms with van der Waals surface area (Å²) in [7, 11) is 0. The van der Waals surface area contributed by atoms with Crippen molar-refractivity contribution in [2.45, 2.75) is 181 Å². The first-order valence-corrected chi connectivity index (χ1v) is 26.7. The summed E-state index contributed by atoms with van der Waals surface area (Å²) >= 11 is 1.95. The van der Waals surface area contributed by atoms with Crippen molar-refractivity contribution in [2.75, 3.05) is 9.80 Å². The van der Waals surface area contributed by atoms with Gasteiger partial charge in [-0.1, -0.05) is 140 Å². The monoisotopic (exact) mass is 913 g/mol. The molecule has 6 aromatic carbocycles. The molecule has 3 aliphatic carbocycles. The summed E-state index contributed by atoms with van der Waals surface area (Å²) in [6.07, 6.45) is 5.91. The van der Waals surface area contributed by atoms with E-state index >= 15 is 0 Å². The van der Waals surface area contributed by atoms with E-state index in [9.17, 15) is 0 Å². The average molecular weight is 913 g/mol. The molecule has 2 nitrogen and oxygen atoms in total. The van der Waals surface area contributed by atoms with E-state index in [0.29, 0.717) is 0 Å². The largest absolute Gasteiger partial charge is 0.311 e. The molecule has 348 valence electrons. The van der Waals surface area contributed by atoms with Gasteiger partial charge >= 0.3 is 0 Å². The van der Waals surface area contributed by atoms with Crippen LogP contribution in [0.1, 0.15) is 180 Å². The van der Waals surface area contributed by atoms with Crippen molar-refractivity contribution in [3.63, 3.8) is 0 Å². The number of fused-ring (bicyclic) bond motifs is 10. The Hall–Kier alpha value is -4.80. The van der Waals surface area contributed by atoms with Crippen LogP contribution >= 0.6 is 11.3 Å². The Morgan fingerprint density at radius 1 is 0.471 bits per heavy atom. The van der Waals surface area contributed by atoms with Gasteiger partial charge in [0.1, 0.15) is 0 Å². The van der Waals surface area contributed by atoms with Gasteiger partial charge in [0.15, 0.2) is 0 Å². The standard InChI is InChI=1S/C64H73BN2S/c1-37-28-52-57-53(29-37)67(49-18-17-19-54-56(49)40-22-20-38(58(2,3)4)30-55(40)68-54)51-35-46-44(63(13,14)36-64(46,15)16)33-48(51)65(57)47-32-43-45(62(11,12)27-26-61(43,9)10)34-50(47)66(52)39-21-23-41-42(31-39)60(7,8)25-24-59(41,5)6/h17-23,28-35H,24-27,36H2,1-16H3. The number of benzene rings is 6. The van der Waals surface area contributed by atoms with Crippen LogP contribution in [0.2, 0.25) is 0 Å². The van der Waals surface area contributed by atoms with E-state index in [1.165, 1.54) is 141 Å². The third-order valence-electron chi connectivity index (χ3n) is 18.3. The lowest BCUT2D eigenvalue weighted by atomic mass is 9.33. The van der Waals surface area contributed by atoms with Crippen molar-refractivity contribution in [2.24, 2.45) is 0 Å². The predicted octanol–water partition coefficient (Wildman–Crippen LogP) is 16.4. The quantitative estimate of drug-likeness (QED) is 0.159. The normalized spacial score (nSPS) is 20.7. The van der Waals surface area contributed by atoms with Gasteiger partial charge in [-0.05, 0) is 192 Å². The molecule has 0 saturated carbocycles. The fourth-order valence-electron chi connectivity index (χ4n) is 14.4. The van der Waals surface area contributed by atoms with Crippen LogP contribution in [-0.4, -0.2) is 6.71 Å². The minimum Gasteiger partial charge on any atom is -0.311 e. The summed E-state index contributed by atoms with van der Waals surface area (Å²) < 4.78 is 2.71. The zero-order valence-corrected chi connectivity index (χ0v) is 44.9. The molecule has 0 saturated heterocycles. The van der Waals surface area contributed by atoms with Crippen LogP contribution < -0.4 is 26.2 Å². The van der Waals surface area contributed by atoms with Gasteiger partial charge in [-0.3, -0.25) is 0 Å². The highest BCUT2D eigenvalue weighted by Crippen LogP contribution is 2.56. The molecular weight excluding hydrogens is 840 g/mol. The average Bonchev–Trinajstić information content (AvgIpc) is 3.72. The maximum Gasteiger partial charge on any atom is 0.252 e. The predicted molar refractivity (Wildman–Crippen MR) is 298 cm³/mol. The number of rotatable bonds is 2. The first-order chi connectivity index (χ1) is 31.7. The van der Waals surface area contributed by atoms with Crippen molar-refractivity contribution in [3.8, 4) is 0 Å². The van der Waals surface area contributed by atoms with Gasteiger partial charge in [0.25, 0.3) is 6.71 Å². The third-order valence-corrected chi connectivity index (χ3v) is 19.5. The molecule has 4 heteroatoms. The van der Waals surface area contributed by atoms with E-state index < -0.39 is 0 Å². The van der Waals surface area contributed by atoms with Gasteiger partial charge in [0, 0.05) is 48.6 Å². The second-order valence-electron chi connectivity index (χ2n) is 27.2. The van der Waals surface area contributed by atoms with E-state index in [1.807, 2.05) is 11.3 Å². The van der Waals surface area contributed by atoms with E-state index in [2.05, 4.69) is 212 Å². The smallest absolute Gasteiger partial charge is 0.252 e. The highest BCUT2D eigenvalue weighted by Gasteiger charge is 2.50. The zero-order chi connectivity index (χ0) is 48.2. The van der Waals surface area contributed by atoms with E-state index in [0.717, 1.165) is 6.42 Å². The first-order valence-electron chi connectivity index (χ1n) is 25.9. The molecule has 3 heterocycles. The van der Waals surface area contributed by atoms with Gasteiger partial charge in [-0.25, -0.2) is 0 Å². The van der Waals surface area contributed by atoms with Gasteiger partial charge in [-0.2, -0.15) is 0 Å². The molecule has 2 aliphatic heterocycles. The van der Waals surface area contributed by atoms with Crippen LogP contribution in [0.5, 0.6) is 0 Å². The van der Waals surface area contributed by atoms with Crippen molar-refractivity contribution in [3.05, 3.63) is 136 Å². The van der Waals surface area contributed by atoms with Gasteiger partial charge in [-0.15, -0.1) is 11.3 Å². The molecule has 0 unspecified atom stereocenters. The van der Waals surface area contributed by atoms with Crippen LogP contribution in [0.25, 0.3) is 20.2 Å². The SMILES string of the molecule is Cc1cc2c3c(c1)N(c1cccc4sc5cc(C(C)(C)C)ccc5c14)c1cc4c(cc1B3c1cc3c(cc1N2c1ccc2c(c1)C(C)(C)CCC2(C)C)C(C)(C)CCC3(C)C)C(C)(C)CC4(C)C. The molecule has 0 spiro atoms. The summed E-state index contributed by atoms with van der Waals surface area (Å²) in [5.74, 6) is 0. The van der Waals surface area contributed by atoms with Crippen LogP contribution in [0.3, 0.4) is 0 Å². The lowest BCUT2D eigenvalue weighted by molar-refractivity contribution is 0.332. The number of nitrogens with zero attached hydrogens (tertiary/aromatic N) is 2. The fraction of sp³-hybridized carbons (Fsp3) is 0.438. The topological polar surface area (TPSA) is 6.48 Å². The molecule has 0 N–H and O–H groups in total. The van der Waals surface area contributed by atoms with Crippen molar-refractivity contribution in [1.82, 2.24) is 0 Å².